The van der Waals surface area contributed by atoms with Gasteiger partial charge in [0.25, 0.3) is 0 Å². The second-order valence-electron chi connectivity index (χ2n) is 6.45. The van der Waals surface area contributed by atoms with E-state index >= 15 is 0 Å². The first kappa shape index (κ1) is 19.7. The number of hydrogen-bond donors (Lipinski definition) is 0. The molecule has 0 N–H and O–H groups in total. The molecule has 0 radical (unpaired) electrons. The second-order valence-corrected chi connectivity index (χ2v) is 6.45. The number of hydrogen-bond acceptors (Lipinski definition) is 5. The molecule has 0 aliphatic rings. The Labute approximate surface area is 142 Å². The molecule has 132 valence electrons. The molecule has 0 saturated heterocycles. The number of benzene rings is 1. The van der Waals surface area contributed by atoms with Crippen molar-refractivity contribution in [2.45, 2.75) is 52.4 Å². The molecule has 0 heterocycles. The molecule has 6 nitrogen and oxygen atoms in total. The average molecular weight is 335 g/mol. The summed E-state index contributed by atoms with van der Waals surface area (Å²) in [7, 11) is 0. The Hall–Kier alpha value is -2.37. The van der Waals surface area contributed by atoms with Crippen LogP contribution in [0.3, 0.4) is 0 Å². The van der Waals surface area contributed by atoms with Crippen molar-refractivity contribution in [3.05, 3.63) is 35.9 Å². The number of carbonyl (C=O) groups excluding carboxylic acids is 3. The number of ether oxygens (including phenoxy) is 2. The van der Waals surface area contributed by atoms with Crippen LogP contribution >= 0.6 is 0 Å². The lowest BCUT2D eigenvalue weighted by Gasteiger charge is -2.26. The second kappa shape index (κ2) is 9.05. The minimum atomic E-state index is -0.685. The summed E-state index contributed by atoms with van der Waals surface area (Å²) in [6.07, 6.45) is -0.00334. The molecule has 1 aromatic rings. The lowest BCUT2D eigenvalue weighted by Crippen LogP contribution is -2.41. The summed E-state index contributed by atoms with van der Waals surface area (Å²) in [6, 6.07) is 8.54. The molecular formula is C18H25NO5. The Balaban J connectivity index is 2.59. The highest BCUT2D eigenvalue weighted by Gasteiger charge is 2.24. The van der Waals surface area contributed by atoms with Crippen molar-refractivity contribution in [1.29, 1.82) is 0 Å². The third-order valence-electron chi connectivity index (χ3n) is 3.11. The first-order valence-corrected chi connectivity index (χ1v) is 7.87. The fourth-order valence-corrected chi connectivity index (χ4v) is 1.94. The quantitative estimate of drug-likeness (QED) is 0.566. The highest BCUT2D eigenvalue weighted by atomic mass is 16.6. The van der Waals surface area contributed by atoms with Crippen molar-refractivity contribution in [2.24, 2.45) is 0 Å². The summed E-state index contributed by atoms with van der Waals surface area (Å²) in [6.45, 7) is 7.04. The summed E-state index contributed by atoms with van der Waals surface area (Å²) in [5.74, 6) is -0.429. The normalized spacial score (nSPS) is 12.2. The van der Waals surface area contributed by atoms with Crippen LogP contribution in [0.5, 0.6) is 0 Å². The van der Waals surface area contributed by atoms with Crippen LogP contribution in [0.2, 0.25) is 0 Å². The van der Waals surface area contributed by atoms with Crippen LogP contribution in [0.4, 0.5) is 4.79 Å². The van der Waals surface area contributed by atoms with Gasteiger partial charge in [-0.1, -0.05) is 30.3 Å². The molecule has 1 rings (SSSR count). The minimum absolute atomic E-state index is 0.00408. The van der Waals surface area contributed by atoms with Gasteiger partial charge in [-0.05, 0) is 33.3 Å². The third-order valence-corrected chi connectivity index (χ3v) is 3.11. The van der Waals surface area contributed by atoms with Crippen LogP contribution in [0.25, 0.3) is 0 Å². The summed E-state index contributed by atoms with van der Waals surface area (Å²) in [5, 5.41) is 0. The van der Waals surface area contributed by atoms with E-state index in [4.69, 9.17) is 9.47 Å². The predicted molar refractivity (Wildman–Crippen MR) is 89.3 cm³/mol. The molecule has 1 aromatic carbocycles. The number of esters is 1. The number of carbonyl (C=O) groups is 3. The van der Waals surface area contributed by atoms with Crippen LogP contribution in [0.1, 0.15) is 39.7 Å². The molecule has 1 atom stereocenters. The Kier molecular flexibility index (Phi) is 7.42. The van der Waals surface area contributed by atoms with Crippen molar-refractivity contribution in [3.63, 3.8) is 0 Å². The molecule has 0 saturated carbocycles. The molecule has 1 unspecified atom stereocenters. The van der Waals surface area contributed by atoms with Gasteiger partial charge in [0.2, 0.25) is 0 Å². The molecule has 6 heteroatoms. The van der Waals surface area contributed by atoms with Gasteiger partial charge in [0.05, 0.1) is 12.5 Å². The third kappa shape index (κ3) is 7.26. The van der Waals surface area contributed by atoms with Crippen LogP contribution < -0.4 is 0 Å². The summed E-state index contributed by atoms with van der Waals surface area (Å²) in [4.78, 5) is 36.2. The molecule has 0 fully saturated rings. The van der Waals surface area contributed by atoms with Gasteiger partial charge in [0.15, 0.2) is 0 Å². The SMILES string of the molecule is CC(C=O)N(CCC(=O)OC(C)(C)C)C(=O)OCc1ccccc1. The van der Waals surface area contributed by atoms with E-state index in [0.29, 0.717) is 6.29 Å². The van der Waals surface area contributed by atoms with Gasteiger partial charge in [-0.15, -0.1) is 0 Å². The van der Waals surface area contributed by atoms with Crippen molar-refractivity contribution in [1.82, 2.24) is 4.90 Å². The fourth-order valence-electron chi connectivity index (χ4n) is 1.94. The van der Waals surface area contributed by atoms with E-state index in [1.165, 1.54) is 4.90 Å². The Morgan fingerprint density at radius 2 is 1.83 bits per heavy atom. The van der Waals surface area contributed by atoms with Crippen molar-refractivity contribution < 1.29 is 23.9 Å². The van der Waals surface area contributed by atoms with E-state index in [1.807, 2.05) is 30.3 Å². The van der Waals surface area contributed by atoms with E-state index in [2.05, 4.69) is 0 Å². The average Bonchev–Trinajstić information content (AvgIpc) is 2.52. The number of nitrogens with zero attached hydrogens (tertiary/aromatic N) is 1. The van der Waals surface area contributed by atoms with E-state index in [9.17, 15) is 14.4 Å². The lowest BCUT2D eigenvalue weighted by atomic mass is 10.2. The first-order chi connectivity index (χ1) is 11.2. The van der Waals surface area contributed by atoms with Gasteiger partial charge in [-0.3, -0.25) is 9.69 Å². The molecule has 24 heavy (non-hydrogen) atoms. The van der Waals surface area contributed by atoms with Gasteiger partial charge in [-0.2, -0.15) is 0 Å². The highest BCUT2D eigenvalue weighted by molar-refractivity contribution is 5.75. The number of amides is 1. The molecule has 0 bridgehead atoms. The molecule has 0 spiro atoms. The van der Waals surface area contributed by atoms with Crippen molar-refractivity contribution in [2.75, 3.05) is 6.54 Å². The minimum Gasteiger partial charge on any atom is -0.460 e. The number of aldehydes is 1. The molecule has 0 aliphatic heterocycles. The zero-order valence-electron chi connectivity index (χ0n) is 14.7. The van der Waals surface area contributed by atoms with Gasteiger partial charge in [0.1, 0.15) is 18.5 Å². The van der Waals surface area contributed by atoms with Gasteiger partial charge in [0, 0.05) is 6.54 Å². The Morgan fingerprint density at radius 1 is 1.21 bits per heavy atom. The monoisotopic (exact) mass is 335 g/mol. The zero-order valence-corrected chi connectivity index (χ0v) is 14.7. The maximum Gasteiger partial charge on any atom is 0.410 e. The van der Waals surface area contributed by atoms with Crippen LogP contribution in [0.15, 0.2) is 30.3 Å². The molecule has 0 aliphatic carbocycles. The molecule has 1 amide bonds. The maximum atomic E-state index is 12.2. The van der Waals surface area contributed by atoms with E-state index in [0.717, 1.165) is 5.56 Å². The van der Waals surface area contributed by atoms with Gasteiger partial charge < -0.3 is 14.3 Å². The van der Waals surface area contributed by atoms with Crippen LogP contribution in [-0.4, -0.2) is 41.4 Å². The van der Waals surface area contributed by atoms with E-state index in [-0.39, 0.29) is 19.6 Å². The topological polar surface area (TPSA) is 72.9 Å². The van der Waals surface area contributed by atoms with Gasteiger partial charge in [-0.25, -0.2) is 4.79 Å². The smallest absolute Gasteiger partial charge is 0.410 e. The van der Waals surface area contributed by atoms with E-state index in [1.54, 1.807) is 27.7 Å². The van der Waals surface area contributed by atoms with Crippen molar-refractivity contribution in [3.8, 4) is 0 Å². The van der Waals surface area contributed by atoms with Crippen molar-refractivity contribution >= 4 is 18.3 Å². The van der Waals surface area contributed by atoms with E-state index < -0.39 is 23.7 Å². The maximum absolute atomic E-state index is 12.2. The van der Waals surface area contributed by atoms with Gasteiger partial charge >= 0.3 is 12.1 Å². The first-order valence-electron chi connectivity index (χ1n) is 7.87. The summed E-state index contributed by atoms with van der Waals surface area (Å²) >= 11 is 0. The lowest BCUT2D eigenvalue weighted by molar-refractivity contribution is -0.155. The van der Waals surface area contributed by atoms with Crippen LogP contribution in [0, 0.1) is 0 Å². The number of rotatable bonds is 7. The Bertz CT molecular complexity index is 550. The zero-order chi connectivity index (χ0) is 18.2. The highest BCUT2D eigenvalue weighted by Crippen LogP contribution is 2.10. The summed E-state index contributed by atoms with van der Waals surface area (Å²) in [5.41, 5.74) is 0.253. The fraction of sp³-hybridized carbons (Fsp3) is 0.500. The van der Waals surface area contributed by atoms with Crippen LogP contribution in [-0.2, 0) is 25.7 Å². The molecular weight excluding hydrogens is 310 g/mol. The standard InChI is InChI=1S/C18H25NO5/c1-14(12-20)19(11-10-16(21)24-18(2,3)4)17(22)23-13-15-8-6-5-7-9-15/h5-9,12,14H,10-11,13H2,1-4H3. The Morgan fingerprint density at radius 3 is 2.38 bits per heavy atom. The largest absolute Gasteiger partial charge is 0.460 e. The molecule has 0 aromatic heterocycles. The predicted octanol–water partition coefficient (Wildman–Crippen LogP) is 2.94. The summed E-state index contributed by atoms with van der Waals surface area (Å²) < 4.78 is 10.4.